The van der Waals surface area contributed by atoms with E-state index in [1.807, 2.05) is 0 Å². The molecular formula is C15H12ClN3O5. The Hall–Kier alpha value is -2.87. The predicted octanol–water partition coefficient (Wildman–Crippen LogP) is 0.919. The summed E-state index contributed by atoms with van der Waals surface area (Å²) in [6.45, 7) is 1.38. The quantitative estimate of drug-likeness (QED) is 0.527. The van der Waals surface area contributed by atoms with Gasteiger partial charge in [-0.05, 0) is 25.1 Å². The van der Waals surface area contributed by atoms with Gasteiger partial charge in [0.25, 0.3) is 11.1 Å². The van der Waals surface area contributed by atoms with Crippen molar-refractivity contribution in [2.75, 3.05) is 7.11 Å². The first kappa shape index (κ1) is 16.0. The number of hydrogen-bond acceptors (Lipinski definition) is 5. The van der Waals surface area contributed by atoms with E-state index in [-0.39, 0.29) is 16.3 Å². The number of aromatic amines is 2. The maximum Gasteiger partial charge on any atom is 0.330 e. The number of carbonyl (C=O) groups excluding carboxylic acids is 1. The van der Waals surface area contributed by atoms with E-state index < -0.39 is 28.6 Å². The van der Waals surface area contributed by atoms with E-state index in [4.69, 9.17) is 11.6 Å². The van der Waals surface area contributed by atoms with E-state index in [0.29, 0.717) is 10.5 Å². The lowest BCUT2D eigenvalue weighted by molar-refractivity contribution is -0.144. The molecule has 0 fully saturated rings. The molecule has 3 rings (SSSR count). The number of ether oxygens (including phenoxy) is 1. The van der Waals surface area contributed by atoms with Gasteiger partial charge >= 0.3 is 5.97 Å². The van der Waals surface area contributed by atoms with Crippen LogP contribution in [0.4, 0.5) is 0 Å². The number of fused-ring (bicyclic) bond motifs is 2. The monoisotopic (exact) mass is 349 g/mol. The summed E-state index contributed by atoms with van der Waals surface area (Å²) in [6, 6.07) is 3.37. The second-order valence-corrected chi connectivity index (χ2v) is 5.65. The zero-order chi connectivity index (χ0) is 17.6. The normalized spacial score (nSPS) is 12.5. The van der Waals surface area contributed by atoms with Crippen LogP contribution >= 0.6 is 11.6 Å². The molecule has 0 radical (unpaired) electrons. The summed E-state index contributed by atoms with van der Waals surface area (Å²) in [4.78, 5) is 51.9. The number of H-pyrrole nitrogens is 2. The molecule has 0 aliphatic rings. The molecule has 0 saturated carbocycles. The van der Waals surface area contributed by atoms with Crippen molar-refractivity contribution in [2.45, 2.75) is 13.0 Å². The van der Waals surface area contributed by atoms with E-state index in [0.717, 1.165) is 11.8 Å². The Morgan fingerprint density at radius 1 is 1.29 bits per heavy atom. The third-order valence-electron chi connectivity index (χ3n) is 3.77. The lowest BCUT2D eigenvalue weighted by atomic mass is 10.1. The summed E-state index contributed by atoms with van der Waals surface area (Å²) < 4.78 is 5.35. The minimum atomic E-state index is -1.08. The van der Waals surface area contributed by atoms with E-state index >= 15 is 0 Å². The number of esters is 1. The Morgan fingerprint density at radius 2 is 2.00 bits per heavy atom. The average molecular weight is 350 g/mol. The highest BCUT2D eigenvalue weighted by Gasteiger charge is 2.21. The van der Waals surface area contributed by atoms with Crippen LogP contribution in [0.3, 0.4) is 0 Å². The van der Waals surface area contributed by atoms with Gasteiger partial charge in [-0.25, -0.2) is 9.48 Å². The fourth-order valence-electron chi connectivity index (χ4n) is 2.52. The minimum absolute atomic E-state index is 0.173. The van der Waals surface area contributed by atoms with Crippen LogP contribution in [-0.2, 0) is 9.53 Å². The second-order valence-electron chi connectivity index (χ2n) is 5.21. The van der Waals surface area contributed by atoms with Crippen molar-refractivity contribution in [3.05, 3.63) is 54.2 Å². The standard InChI is InChI=1S/C15H12ClN3O5/c1-6(15(23)24-2)19-14(22)10-11(13(21)18-19)17-9-5-7(16)3-4-8(9)12(10)20/h3-6H,1-2H3,(H,17,20)(H,18,21). The molecule has 0 bridgehead atoms. The zero-order valence-corrected chi connectivity index (χ0v) is 13.4. The van der Waals surface area contributed by atoms with Gasteiger partial charge in [-0.3, -0.25) is 19.5 Å². The Morgan fingerprint density at radius 3 is 2.67 bits per heavy atom. The molecule has 1 aromatic carbocycles. The molecule has 1 unspecified atom stereocenters. The van der Waals surface area contributed by atoms with E-state index in [1.165, 1.54) is 25.1 Å². The number of benzene rings is 1. The molecule has 2 heterocycles. The number of nitrogens with zero attached hydrogens (tertiary/aromatic N) is 1. The highest BCUT2D eigenvalue weighted by Crippen LogP contribution is 2.16. The number of pyridine rings is 1. The number of methoxy groups -OCH3 is 1. The molecule has 24 heavy (non-hydrogen) atoms. The maximum absolute atomic E-state index is 12.6. The molecule has 1 atom stereocenters. The van der Waals surface area contributed by atoms with Gasteiger partial charge in [-0.1, -0.05) is 11.6 Å². The molecule has 2 N–H and O–H groups in total. The van der Waals surface area contributed by atoms with Crippen molar-refractivity contribution in [3.8, 4) is 0 Å². The summed E-state index contributed by atoms with van der Waals surface area (Å²) >= 11 is 5.89. The lowest BCUT2D eigenvalue weighted by Crippen LogP contribution is -2.38. The Bertz CT molecular complexity index is 1160. The summed E-state index contributed by atoms with van der Waals surface area (Å²) in [7, 11) is 1.16. The van der Waals surface area contributed by atoms with Gasteiger partial charge in [0, 0.05) is 10.4 Å². The maximum atomic E-state index is 12.6. The Labute approximate surface area is 138 Å². The van der Waals surface area contributed by atoms with Gasteiger partial charge in [-0.15, -0.1) is 0 Å². The van der Waals surface area contributed by atoms with Crippen molar-refractivity contribution in [2.24, 2.45) is 0 Å². The number of hydrogen-bond donors (Lipinski definition) is 2. The van der Waals surface area contributed by atoms with Crippen LogP contribution in [0, 0.1) is 0 Å². The van der Waals surface area contributed by atoms with Crippen molar-refractivity contribution < 1.29 is 9.53 Å². The Kier molecular flexibility index (Phi) is 3.76. The topological polar surface area (TPSA) is 114 Å². The van der Waals surface area contributed by atoms with Gasteiger partial charge in [0.05, 0.1) is 12.6 Å². The van der Waals surface area contributed by atoms with E-state index in [9.17, 15) is 19.2 Å². The SMILES string of the molecule is COC(=O)C(C)n1[nH]c(=O)c2[nH]c3cc(Cl)ccc3c(=O)c2c1=O. The molecule has 8 nitrogen and oxygen atoms in total. The molecule has 0 aliphatic carbocycles. The third kappa shape index (κ3) is 2.31. The minimum Gasteiger partial charge on any atom is -0.467 e. The van der Waals surface area contributed by atoms with Gasteiger partial charge in [0.2, 0.25) is 5.43 Å². The summed E-state index contributed by atoms with van der Waals surface area (Å²) in [5.41, 5.74) is -1.95. The highest BCUT2D eigenvalue weighted by molar-refractivity contribution is 6.31. The van der Waals surface area contributed by atoms with Crippen molar-refractivity contribution in [1.82, 2.24) is 14.8 Å². The molecule has 3 aromatic rings. The van der Waals surface area contributed by atoms with E-state index in [1.54, 1.807) is 0 Å². The number of carbonyl (C=O) groups is 1. The largest absolute Gasteiger partial charge is 0.467 e. The van der Waals surface area contributed by atoms with Gasteiger partial charge in [0.15, 0.2) is 0 Å². The molecule has 0 saturated heterocycles. The van der Waals surface area contributed by atoms with E-state index in [2.05, 4.69) is 14.8 Å². The van der Waals surface area contributed by atoms with Crippen LogP contribution in [0.2, 0.25) is 5.02 Å². The van der Waals surface area contributed by atoms with Crippen LogP contribution in [-0.4, -0.2) is 27.8 Å². The molecule has 0 aliphatic heterocycles. The molecule has 0 amide bonds. The summed E-state index contributed by atoms with van der Waals surface area (Å²) in [5, 5.41) is 2.55. The van der Waals surface area contributed by atoms with Crippen LogP contribution in [0.15, 0.2) is 32.6 Å². The van der Waals surface area contributed by atoms with Crippen LogP contribution in [0.5, 0.6) is 0 Å². The lowest BCUT2D eigenvalue weighted by Gasteiger charge is -2.13. The predicted molar refractivity (Wildman–Crippen MR) is 88.7 cm³/mol. The first-order valence-corrected chi connectivity index (χ1v) is 7.31. The average Bonchev–Trinajstić information content (AvgIpc) is 2.56. The first-order valence-electron chi connectivity index (χ1n) is 6.93. The summed E-state index contributed by atoms with van der Waals surface area (Å²) in [5.74, 6) is -0.726. The third-order valence-corrected chi connectivity index (χ3v) is 4.01. The smallest absolute Gasteiger partial charge is 0.330 e. The number of halogens is 1. The highest BCUT2D eigenvalue weighted by atomic mass is 35.5. The van der Waals surface area contributed by atoms with Crippen LogP contribution in [0.1, 0.15) is 13.0 Å². The number of aromatic nitrogens is 3. The van der Waals surface area contributed by atoms with Gasteiger partial charge < -0.3 is 9.72 Å². The molecule has 0 spiro atoms. The molecular weight excluding hydrogens is 338 g/mol. The molecule has 9 heteroatoms. The fourth-order valence-corrected chi connectivity index (χ4v) is 2.69. The fraction of sp³-hybridized carbons (Fsp3) is 0.200. The van der Waals surface area contributed by atoms with Crippen LogP contribution < -0.4 is 16.5 Å². The number of rotatable bonds is 2. The van der Waals surface area contributed by atoms with Gasteiger partial charge in [-0.2, -0.15) is 0 Å². The molecule has 2 aromatic heterocycles. The molecule has 124 valence electrons. The van der Waals surface area contributed by atoms with Crippen LogP contribution in [0.25, 0.3) is 21.8 Å². The second kappa shape index (κ2) is 5.64. The first-order chi connectivity index (χ1) is 11.3. The zero-order valence-electron chi connectivity index (χ0n) is 12.7. The number of nitrogens with one attached hydrogen (secondary N) is 2. The van der Waals surface area contributed by atoms with Crippen molar-refractivity contribution in [3.63, 3.8) is 0 Å². The van der Waals surface area contributed by atoms with Gasteiger partial charge in [0.1, 0.15) is 16.9 Å². The Balaban J connectivity index is 2.48. The summed E-state index contributed by atoms with van der Waals surface area (Å²) in [6.07, 6.45) is 0. The van der Waals surface area contributed by atoms with Crippen molar-refractivity contribution >= 4 is 39.4 Å². The van der Waals surface area contributed by atoms with Crippen molar-refractivity contribution in [1.29, 1.82) is 0 Å².